The number of carbonyl (C=O) groups excluding carboxylic acids is 1. The summed E-state index contributed by atoms with van der Waals surface area (Å²) in [6.07, 6.45) is -0.654. The molecular formula is C5H9NO4. The van der Waals surface area contributed by atoms with Crippen molar-refractivity contribution in [2.45, 2.75) is 6.10 Å². The van der Waals surface area contributed by atoms with Crippen LogP contribution in [0.1, 0.15) is 0 Å². The number of hydrogen-bond acceptors (Lipinski definition) is 4. The van der Waals surface area contributed by atoms with E-state index in [0.717, 1.165) is 0 Å². The molecule has 0 saturated carbocycles. The summed E-state index contributed by atoms with van der Waals surface area (Å²) in [4.78, 5) is 10.6. The molecule has 1 amide bonds. The van der Waals surface area contributed by atoms with Crippen molar-refractivity contribution in [2.24, 2.45) is 0 Å². The highest BCUT2D eigenvalue weighted by atomic mass is 16.6. The Kier molecular flexibility index (Phi) is 2.61. The van der Waals surface area contributed by atoms with Crippen molar-refractivity contribution in [3.8, 4) is 0 Å². The zero-order chi connectivity index (χ0) is 7.40. The minimum atomic E-state index is -0.654. The van der Waals surface area contributed by atoms with Crippen LogP contribution < -0.4 is 5.48 Å². The number of amides is 1. The Morgan fingerprint density at radius 3 is 2.90 bits per heavy atom. The molecule has 0 radical (unpaired) electrons. The van der Waals surface area contributed by atoms with Crippen LogP contribution in [-0.4, -0.2) is 37.0 Å². The van der Waals surface area contributed by atoms with E-state index in [-0.39, 0.29) is 6.61 Å². The van der Waals surface area contributed by atoms with Crippen LogP contribution in [0.2, 0.25) is 0 Å². The van der Waals surface area contributed by atoms with Crippen molar-refractivity contribution < 1.29 is 19.5 Å². The molecule has 0 aromatic rings. The SMILES string of the molecule is O=C(NO)C1COCCO1. The Balaban J connectivity index is 2.31. The number of rotatable bonds is 1. The van der Waals surface area contributed by atoms with Gasteiger partial charge in [-0.25, -0.2) is 5.48 Å². The maximum Gasteiger partial charge on any atom is 0.274 e. The minimum absolute atomic E-state index is 0.215. The van der Waals surface area contributed by atoms with Gasteiger partial charge in [-0.3, -0.25) is 10.0 Å². The first kappa shape index (κ1) is 7.46. The monoisotopic (exact) mass is 147 g/mol. The molecule has 1 rings (SSSR count). The molecule has 0 aromatic carbocycles. The summed E-state index contributed by atoms with van der Waals surface area (Å²) in [6, 6.07) is 0. The van der Waals surface area contributed by atoms with E-state index in [1.165, 1.54) is 5.48 Å². The lowest BCUT2D eigenvalue weighted by Gasteiger charge is -2.20. The van der Waals surface area contributed by atoms with Crippen LogP contribution >= 0.6 is 0 Å². The van der Waals surface area contributed by atoms with Gasteiger partial charge in [0.1, 0.15) is 0 Å². The highest BCUT2D eigenvalue weighted by Gasteiger charge is 2.21. The van der Waals surface area contributed by atoms with Gasteiger partial charge in [0.15, 0.2) is 6.10 Å². The molecule has 1 heterocycles. The molecule has 0 spiro atoms. The molecule has 58 valence electrons. The molecule has 0 bridgehead atoms. The average Bonchev–Trinajstić information content (AvgIpc) is 2.05. The predicted molar refractivity (Wildman–Crippen MR) is 30.5 cm³/mol. The van der Waals surface area contributed by atoms with Crippen molar-refractivity contribution in [1.82, 2.24) is 5.48 Å². The zero-order valence-electron chi connectivity index (χ0n) is 5.37. The first-order valence-electron chi connectivity index (χ1n) is 2.98. The third-order valence-corrected chi connectivity index (χ3v) is 1.22. The fraction of sp³-hybridized carbons (Fsp3) is 0.800. The Labute approximate surface area is 57.9 Å². The van der Waals surface area contributed by atoms with Gasteiger partial charge in [-0.1, -0.05) is 0 Å². The second kappa shape index (κ2) is 3.50. The van der Waals surface area contributed by atoms with Gasteiger partial charge in [0.05, 0.1) is 19.8 Å². The maximum atomic E-state index is 10.6. The van der Waals surface area contributed by atoms with Gasteiger partial charge >= 0.3 is 0 Å². The fourth-order valence-electron chi connectivity index (χ4n) is 0.711. The molecule has 1 aliphatic heterocycles. The molecule has 5 nitrogen and oxygen atoms in total. The summed E-state index contributed by atoms with van der Waals surface area (Å²) < 4.78 is 9.84. The average molecular weight is 147 g/mol. The first-order chi connectivity index (χ1) is 4.84. The Bertz CT molecular complexity index is 121. The molecule has 2 N–H and O–H groups in total. The van der Waals surface area contributed by atoms with Crippen molar-refractivity contribution in [3.63, 3.8) is 0 Å². The van der Waals surface area contributed by atoms with Crippen LogP contribution in [-0.2, 0) is 14.3 Å². The lowest BCUT2D eigenvalue weighted by molar-refractivity contribution is -0.155. The Hall–Kier alpha value is -0.650. The standard InChI is InChI=1S/C5H9NO4/c7-5(6-8)4-3-9-1-2-10-4/h4,8H,1-3H2,(H,6,7). The third kappa shape index (κ3) is 1.66. The molecule has 5 heteroatoms. The normalized spacial score (nSPS) is 25.9. The minimum Gasteiger partial charge on any atom is -0.376 e. The molecule has 1 aliphatic rings. The van der Waals surface area contributed by atoms with Crippen molar-refractivity contribution in [3.05, 3.63) is 0 Å². The lowest BCUT2D eigenvalue weighted by atomic mass is 10.3. The topological polar surface area (TPSA) is 67.8 Å². The van der Waals surface area contributed by atoms with Crippen LogP contribution in [0, 0.1) is 0 Å². The largest absolute Gasteiger partial charge is 0.376 e. The summed E-state index contributed by atoms with van der Waals surface area (Å²) in [7, 11) is 0. The molecule has 1 atom stereocenters. The number of hydrogen-bond donors (Lipinski definition) is 2. The molecular weight excluding hydrogens is 138 g/mol. The summed E-state index contributed by atoms with van der Waals surface area (Å²) >= 11 is 0. The fourth-order valence-corrected chi connectivity index (χ4v) is 0.711. The molecule has 10 heavy (non-hydrogen) atoms. The van der Waals surface area contributed by atoms with Crippen LogP contribution in [0.25, 0.3) is 0 Å². The van der Waals surface area contributed by atoms with Gasteiger partial charge in [0.25, 0.3) is 5.91 Å². The summed E-state index contributed by atoms with van der Waals surface area (Å²) in [5.74, 6) is -0.556. The van der Waals surface area contributed by atoms with Gasteiger partial charge in [-0.05, 0) is 0 Å². The van der Waals surface area contributed by atoms with Crippen LogP contribution in [0.15, 0.2) is 0 Å². The lowest BCUT2D eigenvalue weighted by Crippen LogP contribution is -2.41. The van der Waals surface area contributed by atoms with Gasteiger partial charge in [0, 0.05) is 0 Å². The molecule has 1 fully saturated rings. The van der Waals surface area contributed by atoms with Crippen molar-refractivity contribution in [1.29, 1.82) is 0 Å². The predicted octanol–water partition coefficient (Wildman–Crippen LogP) is -1.09. The summed E-state index contributed by atoms with van der Waals surface area (Å²) in [5, 5.41) is 8.15. The Morgan fingerprint density at radius 1 is 1.60 bits per heavy atom. The van der Waals surface area contributed by atoms with E-state index in [2.05, 4.69) is 0 Å². The van der Waals surface area contributed by atoms with E-state index >= 15 is 0 Å². The second-order valence-corrected chi connectivity index (χ2v) is 1.91. The van der Waals surface area contributed by atoms with E-state index < -0.39 is 12.0 Å². The number of ether oxygens (including phenoxy) is 2. The van der Waals surface area contributed by atoms with Crippen LogP contribution in [0.5, 0.6) is 0 Å². The van der Waals surface area contributed by atoms with Gasteiger partial charge in [-0.15, -0.1) is 0 Å². The molecule has 1 unspecified atom stereocenters. The second-order valence-electron chi connectivity index (χ2n) is 1.91. The van der Waals surface area contributed by atoms with Crippen molar-refractivity contribution >= 4 is 5.91 Å². The van der Waals surface area contributed by atoms with E-state index in [9.17, 15) is 4.79 Å². The van der Waals surface area contributed by atoms with Crippen LogP contribution in [0.4, 0.5) is 0 Å². The summed E-state index contributed by atoms with van der Waals surface area (Å²) in [5.41, 5.74) is 1.49. The Morgan fingerprint density at radius 2 is 2.40 bits per heavy atom. The van der Waals surface area contributed by atoms with Gasteiger partial charge in [-0.2, -0.15) is 0 Å². The van der Waals surface area contributed by atoms with Gasteiger partial charge in [0.2, 0.25) is 0 Å². The smallest absolute Gasteiger partial charge is 0.274 e. The number of nitrogens with one attached hydrogen (secondary N) is 1. The van der Waals surface area contributed by atoms with Crippen molar-refractivity contribution in [2.75, 3.05) is 19.8 Å². The highest BCUT2D eigenvalue weighted by molar-refractivity contribution is 5.79. The molecule has 0 aromatic heterocycles. The summed E-state index contributed by atoms with van der Waals surface area (Å²) in [6.45, 7) is 1.12. The number of hydroxylamine groups is 1. The molecule has 0 aliphatic carbocycles. The quantitative estimate of drug-likeness (QED) is 0.365. The first-order valence-corrected chi connectivity index (χ1v) is 2.98. The van der Waals surface area contributed by atoms with E-state index in [0.29, 0.717) is 13.2 Å². The van der Waals surface area contributed by atoms with E-state index in [1.54, 1.807) is 0 Å². The maximum absolute atomic E-state index is 10.6. The third-order valence-electron chi connectivity index (χ3n) is 1.22. The zero-order valence-corrected chi connectivity index (χ0v) is 5.37. The van der Waals surface area contributed by atoms with Gasteiger partial charge < -0.3 is 9.47 Å². The number of carbonyl (C=O) groups is 1. The van der Waals surface area contributed by atoms with E-state index in [4.69, 9.17) is 14.7 Å². The highest BCUT2D eigenvalue weighted by Crippen LogP contribution is 1.99. The van der Waals surface area contributed by atoms with E-state index in [1.807, 2.05) is 0 Å². The molecule has 1 saturated heterocycles. The van der Waals surface area contributed by atoms with Crippen LogP contribution in [0.3, 0.4) is 0 Å².